The Kier molecular flexibility index (Phi) is 13.3. The predicted molar refractivity (Wildman–Crippen MR) is 215 cm³/mol. The maximum atomic E-state index is 8.17. The van der Waals surface area contributed by atoms with E-state index in [9.17, 15) is 0 Å². The topological polar surface area (TPSA) is 135 Å². The van der Waals surface area contributed by atoms with E-state index in [1.165, 1.54) is 0 Å². The Morgan fingerprint density at radius 1 is 0.746 bits per heavy atom. The largest absolute Gasteiger partial charge is 0.445 e. The van der Waals surface area contributed by atoms with Crippen LogP contribution < -0.4 is 0 Å². The molecule has 5 aliphatic heterocycles. The third kappa shape index (κ3) is 9.80. The van der Waals surface area contributed by atoms with Crippen LogP contribution in [-0.2, 0) is 70.1 Å². The first-order valence-corrected chi connectivity index (χ1v) is 20.9. The molecule has 5 aliphatic rings. The van der Waals surface area contributed by atoms with Crippen molar-refractivity contribution in [2.24, 2.45) is 5.92 Å². The average Bonchev–Trinajstić information content (AvgIpc) is 3.87. The van der Waals surface area contributed by atoms with Crippen molar-refractivity contribution >= 4 is 40.7 Å². The fourth-order valence-corrected chi connectivity index (χ4v) is 8.29. The Labute approximate surface area is 359 Å². The first-order chi connectivity index (χ1) is 28.3. The highest BCUT2D eigenvalue weighted by atomic mass is 35.6. The Hall–Kier alpha value is -2.44. The molecule has 8 rings (SSSR count). The lowest BCUT2D eigenvalue weighted by molar-refractivity contribution is -0.332. The Morgan fingerprint density at radius 2 is 1.37 bits per heavy atom. The van der Waals surface area contributed by atoms with Gasteiger partial charge in [0.25, 0.3) is 3.79 Å². The molecule has 0 amide bonds. The number of nitrogens with one attached hydrogen (secondary N) is 1. The van der Waals surface area contributed by atoms with Crippen LogP contribution in [0.5, 0.6) is 0 Å². The second-order valence-corrected chi connectivity index (χ2v) is 18.2. The molecule has 0 saturated carbocycles. The molecule has 320 valence electrons. The second kappa shape index (κ2) is 18.1. The van der Waals surface area contributed by atoms with Crippen molar-refractivity contribution in [1.29, 1.82) is 5.41 Å². The fraction of sp³-hybridized carbons (Fsp3) is 0.558. The minimum absolute atomic E-state index is 0.143. The maximum absolute atomic E-state index is 8.17. The van der Waals surface area contributed by atoms with Crippen molar-refractivity contribution < 1.29 is 56.8 Å². The standard InChI is InChI=1S/C43H50Cl3NO12/c1-25-31(53-39-35-42(24-51-39,23-48-20-27-14-8-5-9-15-27)59-37(55-35)29-18-12-7-13-19-29)30(49-21-28-16-10-6-11-17-28)22-50-36(25)54-32-26(2)52-38(56-40(47)43(44,45)46)34-33(32)57-41(3,4)58-34/h5-19,25-26,30-39,47H,20-24H2,1-4H3/t25?,26-,30-,31?,32+,33?,34?,35?,36+,37+,38+,39+,42+/m1/s1. The van der Waals surface area contributed by atoms with Crippen LogP contribution in [0.1, 0.15) is 50.7 Å². The quantitative estimate of drug-likeness (QED) is 0.104. The van der Waals surface area contributed by atoms with E-state index in [0.717, 1.165) is 16.7 Å². The Morgan fingerprint density at radius 3 is 2.05 bits per heavy atom. The summed E-state index contributed by atoms with van der Waals surface area (Å²) in [5.74, 6) is -2.06. The number of hydrogen-bond acceptors (Lipinski definition) is 13. The van der Waals surface area contributed by atoms with E-state index >= 15 is 0 Å². The van der Waals surface area contributed by atoms with Gasteiger partial charge in [-0.25, -0.2) is 0 Å². The smallest absolute Gasteiger partial charge is 0.265 e. The number of benzene rings is 3. The van der Waals surface area contributed by atoms with Gasteiger partial charge in [0, 0.05) is 11.5 Å². The summed E-state index contributed by atoms with van der Waals surface area (Å²) in [6.45, 7) is 8.59. The molecule has 16 heteroatoms. The molecule has 0 aromatic heterocycles. The molecule has 13 atom stereocenters. The van der Waals surface area contributed by atoms with Gasteiger partial charge in [-0.2, -0.15) is 0 Å². The fourth-order valence-electron chi connectivity index (χ4n) is 8.16. The summed E-state index contributed by atoms with van der Waals surface area (Å²) in [6.07, 6.45) is -8.04. The van der Waals surface area contributed by atoms with E-state index in [1.807, 2.05) is 105 Å². The molecular weight excluding hydrogens is 829 g/mol. The van der Waals surface area contributed by atoms with Crippen molar-refractivity contribution in [2.75, 3.05) is 19.8 Å². The molecule has 5 saturated heterocycles. The third-order valence-corrected chi connectivity index (χ3v) is 11.6. The van der Waals surface area contributed by atoms with Crippen molar-refractivity contribution in [1.82, 2.24) is 0 Å². The van der Waals surface area contributed by atoms with Crippen molar-refractivity contribution in [3.05, 3.63) is 108 Å². The Bertz CT molecular complexity index is 1840. The highest BCUT2D eigenvalue weighted by Gasteiger charge is 2.62. The second-order valence-electron chi connectivity index (χ2n) is 16.0. The summed E-state index contributed by atoms with van der Waals surface area (Å²) in [7, 11) is 0. The molecule has 13 nitrogen and oxygen atoms in total. The van der Waals surface area contributed by atoms with Crippen LogP contribution >= 0.6 is 34.8 Å². The summed E-state index contributed by atoms with van der Waals surface area (Å²) >= 11 is 17.8. The molecule has 59 heavy (non-hydrogen) atoms. The van der Waals surface area contributed by atoms with E-state index in [4.69, 9.17) is 97.1 Å². The molecule has 3 aromatic carbocycles. The summed E-state index contributed by atoms with van der Waals surface area (Å²) < 4.78 is 75.2. The highest BCUT2D eigenvalue weighted by Crippen LogP contribution is 2.47. The maximum Gasteiger partial charge on any atom is 0.265 e. The van der Waals surface area contributed by atoms with Gasteiger partial charge in [-0.15, -0.1) is 0 Å². The van der Waals surface area contributed by atoms with Crippen molar-refractivity contribution in [3.8, 4) is 0 Å². The normalized spacial score (nSPS) is 36.5. The number of hydrogen-bond donors (Lipinski definition) is 1. The molecule has 3 aromatic rings. The van der Waals surface area contributed by atoms with E-state index in [0.29, 0.717) is 13.2 Å². The van der Waals surface area contributed by atoms with E-state index < -0.39 is 94.9 Å². The van der Waals surface area contributed by atoms with E-state index in [-0.39, 0.29) is 19.8 Å². The van der Waals surface area contributed by atoms with Gasteiger partial charge in [-0.1, -0.05) is 133 Å². The van der Waals surface area contributed by atoms with Crippen LogP contribution in [0.4, 0.5) is 0 Å². The molecule has 5 fully saturated rings. The minimum Gasteiger partial charge on any atom is -0.445 e. The van der Waals surface area contributed by atoms with Gasteiger partial charge in [-0.05, 0) is 31.9 Å². The van der Waals surface area contributed by atoms with Crippen molar-refractivity contribution in [2.45, 2.75) is 124 Å². The lowest BCUT2D eigenvalue weighted by Gasteiger charge is -2.46. The lowest BCUT2D eigenvalue weighted by atomic mass is 9.94. The minimum atomic E-state index is -2.10. The average molecular weight is 879 g/mol. The van der Waals surface area contributed by atoms with Gasteiger partial charge in [0.2, 0.25) is 12.2 Å². The monoisotopic (exact) mass is 877 g/mol. The zero-order valence-electron chi connectivity index (χ0n) is 33.2. The molecular formula is C43H50Cl3NO12. The number of fused-ring (bicyclic) bond motifs is 2. The van der Waals surface area contributed by atoms with Crippen LogP contribution in [0.25, 0.3) is 0 Å². The molecule has 0 spiro atoms. The first-order valence-electron chi connectivity index (χ1n) is 19.8. The number of ether oxygens (including phenoxy) is 12. The zero-order valence-corrected chi connectivity index (χ0v) is 35.4. The van der Waals surface area contributed by atoms with Crippen LogP contribution in [0.2, 0.25) is 0 Å². The molecule has 0 bridgehead atoms. The molecule has 1 N–H and O–H groups in total. The van der Waals surface area contributed by atoms with Crippen LogP contribution in [0.3, 0.4) is 0 Å². The summed E-state index contributed by atoms with van der Waals surface area (Å²) in [5, 5.41) is 8.17. The molecule has 5 unspecified atom stereocenters. The summed E-state index contributed by atoms with van der Waals surface area (Å²) in [6, 6.07) is 29.7. The number of rotatable bonds is 13. The van der Waals surface area contributed by atoms with Gasteiger partial charge in [0.1, 0.15) is 30.0 Å². The van der Waals surface area contributed by atoms with Crippen LogP contribution in [0.15, 0.2) is 91.0 Å². The van der Waals surface area contributed by atoms with Crippen LogP contribution in [0, 0.1) is 11.3 Å². The zero-order chi connectivity index (χ0) is 41.4. The van der Waals surface area contributed by atoms with Gasteiger partial charge in [-0.3, -0.25) is 5.41 Å². The van der Waals surface area contributed by atoms with Gasteiger partial charge >= 0.3 is 0 Å². The molecule has 5 heterocycles. The van der Waals surface area contributed by atoms with Gasteiger partial charge in [0.15, 0.2) is 30.8 Å². The van der Waals surface area contributed by atoms with E-state index in [1.54, 1.807) is 13.8 Å². The predicted octanol–water partition coefficient (Wildman–Crippen LogP) is 7.39. The lowest BCUT2D eigenvalue weighted by Crippen LogP contribution is -2.60. The molecule has 0 radical (unpaired) electrons. The first kappa shape index (κ1) is 43.2. The summed E-state index contributed by atoms with van der Waals surface area (Å²) in [5.41, 5.74) is 1.97. The highest BCUT2D eigenvalue weighted by molar-refractivity contribution is 6.76. The SMILES string of the molecule is CC1C(O[C@@H]2OC[C@]3(COCc4ccccc4)O[C@@H](c4ccccc4)OC23)[C@H](OCc2ccccc2)CO[C@H]1O[C@@H]1C2OC(C)(C)OC2[C@H](OC(=N)C(Cl)(Cl)Cl)O[C@@H]1C. The number of halogens is 3. The van der Waals surface area contributed by atoms with E-state index in [2.05, 4.69) is 0 Å². The van der Waals surface area contributed by atoms with Gasteiger partial charge in [0.05, 0.1) is 45.2 Å². The Balaban J connectivity index is 1.02. The van der Waals surface area contributed by atoms with Crippen LogP contribution in [-0.4, -0.2) is 102 Å². The molecule has 0 aliphatic carbocycles. The van der Waals surface area contributed by atoms with Gasteiger partial charge < -0.3 is 56.8 Å². The number of alkyl halides is 3. The van der Waals surface area contributed by atoms with Crippen molar-refractivity contribution in [3.63, 3.8) is 0 Å². The third-order valence-electron chi connectivity index (χ3n) is 11.1. The summed E-state index contributed by atoms with van der Waals surface area (Å²) in [4.78, 5) is 0.